The number of nitriles is 2. The maximum Gasteiger partial charge on any atom is 0.356 e. The number of fused-ring (bicyclic) bond motifs is 2. The van der Waals surface area contributed by atoms with E-state index in [9.17, 15) is 20.1 Å². The van der Waals surface area contributed by atoms with Crippen molar-refractivity contribution in [1.29, 1.82) is 10.5 Å². The van der Waals surface area contributed by atoms with Gasteiger partial charge in [-0.2, -0.15) is 10.5 Å². The minimum Gasteiger partial charge on any atom is -0.461 e. The molecule has 0 radical (unpaired) electrons. The summed E-state index contributed by atoms with van der Waals surface area (Å²) in [5, 5.41) is 19.7. The van der Waals surface area contributed by atoms with E-state index in [2.05, 4.69) is 12.1 Å². The Balaban J connectivity index is 1.55. The lowest BCUT2D eigenvalue weighted by atomic mass is 10.2. The fraction of sp³-hybridized carbons (Fsp3) is 0.259. The molecule has 4 rings (SSSR count). The number of nitrogens with zero attached hydrogens (tertiary/aromatic N) is 4. The van der Waals surface area contributed by atoms with E-state index in [-0.39, 0.29) is 13.2 Å². The molecule has 0 aliphatic heterocycles. The van der Waals surface area contributed by atoms with Crippen LogP contribution >= 0.6 is 23.5 Å². The first-order chi connectivity index (χ1) is 18.1. The zero-order valence-electron chi connectivity index (χ0n) is 20.4. The Kier molecular flexibility index (Phi) is 8.44. The van der Waals surface area contributed by atoms with Gasteiger partial charge in [-0.15, -0.1) is 23.5 Å². The molecule has 188 valence electrons. The summed E-state index contributed by atoms with van der Waals surface area (Å²) in [5.41, 5.74) is 2.89. The highest BCUT2D eigenvalue weighted by molar-refractivity contribution is 8.00. The lowest BCUT2D eigenvalue weighted by molar-refractivity contribution is 0.0504. The van der Waals surface area contributed by atoms with Crippen LogP contribution in [0.15, 0.2) is 58.6 Å². The summed E-state index contributed by atoms with van der Waals surface area (Å²) in [5.74, 6) is 0.296. The first kappa shape index (κ1) is 26.2. The largest absolute Gasteiger partial charge is 0.461 e. The van der Waals surface area contributed by atoms with Crippen LogP contribution in [-0.2, 0) is 9.47 Å². The number of hydrogen-bond acceptors (Lipinski definition) is 8. The second-order valence-corrected chi connectivity index (χ2v) is 9.94. The van der Waals surface area contributed by atoms with Crippen LogP contribution in [0, 0.1) is 22.7 Å². The molecular formula is C27H24N4O4S2. The molecule has 0 atom stereocenters. The lowest BCUT2D eigenvalue weighted by Gasteiger charge is -2.07. The normalized spacial score (nSPS) is 10.8. The third kappa shape index (κ3) is 5.04. The number of rotatable bonds is 10. The third-order valence-electron chi connectivity index (χ3n) is 5.54. The summed E-state index contributed by atoms with van der Waals surface area (Å²) < 4.78 is 13.9. The number of carbonyl (C=O) groups is 2. The zero-order valence-corrected chi connectivity index (χ0v) is 22.0. The van der Waals surface area contributed by atoms with Crippen LogP contribution in [-0.4, -0.2) is 45.5 Å². The van der Waals surface area contributed by atoms with E-state index in [4.69, 9.17) is 9.47 Å². The highest BCUT2D eigenvalue weighted by Gasteiger charge is 2.26. The Hall–Kier alpha value is -3.86. The van der Waals surface area contributed by atoms with Crippen LogP contribution in [0.1, 0.15) is 52.4 Å². The first-order valence-electron chi connectivity index (χ1n) is 11.7. The highest BCUT2D eigenvalue weighted by Crippen LogP contribution is 2.36. The average molecular weight is 533 g/mol. The minimum atomic E-state index is -0.472. The van der Waals surface area contributed by atoms with Crippen molar-refractivity contribution in [2.24, 2.45) is 0 Å². The topological polar surface area (TPSA) is 109 Å². The molecule has 0 saturated carbocycles. The standard InChI is InChI=1S/C27H24N4O4S2/c1-3-34-26(32)22-24(18(16-28)20-10-5-7-12-30(20)22)36-14-9-15-37-25-19(17-29)21-11-6-8-13-31(21)23(25)27(33)35-4-2/h5-8,10-13H,3-4,9,14-15H2,1-2H3. The van der Waals surface area contributed by atoms with Crippen LogP contribution in [0.4, 0.5) is 0 Å². The van der Waals surface area contributed by atoms with Crippen molar-refractivity contribution in [3.05, 3.63) is 71.3 Å². The van der Waals surface area contributed by atoms with Gasteiger partial charge in [0.05, 0.1) is 45.2 Å². The third-order valence-corrected chi connectivity index (χ3v) is 7.90. The maximum absolute atomic E-state index is 12.7. The average Bonchev–Trinajstić information content (AvgIpc) is 3.40. The molecule has 0 spiro atoms. The maximum atomic E-state index is 12.7. The quantitative estimate of drug-likeness (QED) is 0.148. The van der Waals surface area contributed by atoms with Crippen molar-refractivity contribution in [3.63, 3.8) is 0 Å². The van der Waals surface area contributed by atoms with Gasteiger partial charge in [-0.25, -0.2) is 9.59 Å². The second kappa shape index (κ2) is 11.9. The Morgan fingerprint density at radius 1 is 0.784 bits per heavy atom. The lowest BCUT2D eigenvalue weighted by Crippen LogP contribution is -2.09. The van der Waals surface area contributed by atoms with Crippen LogP contribution in [0.5, 0.6) is 0 Å². The smallest absolute Gasteiger partial charge is 0.356 e. The fourth-order valence-electron chi connectivity index (χ4n) is 4.06. The Morgan fingerprint density at radius 2 is 1.22 bits per heavy atom. The Labute approximate surface area is 222 Å². The fourth-order valence-corrected chi connectivity index (χ4v) is 6.45. The second-order valence-electron chi connectivity index (χ2n) is 7.73. The molecule has 0 aromatic carbocycles. The monoisotopic (exact) mass is 532 g/mol. The summed E-state index contributed by atoms with van der Waals surface area (Å²) in [6.07, 6.45) is 4.20. The molecule has 37 heavy (non-hydrogen) atoms. The molecule has 0 aliphatic rings. The number of pyridine rings is 2. The van der Waals surface area contributed by atoms with Gasteiger partial charge in [0.1, 0.15) is 23.5 Å². The molecule has 0 bridgehead atoms. The molecule has 4 heterocycles. The van der Waals surface area contributed by atoms with Crippen LogP contribution < -0.4 is 0 Å². The summed E-state index contributed by atoms with van der Waals surface area (Å²) in [6, 6.07) is 15.3. The van der Waals surface area contributed by atoms with Crippen molar-refractivity contribution < 1.29 is 19.1 Å². The van der Waals surface area contributed by atoms with E-state index in [1.807, 2.05) is 12.1 Å². The number of esters is 2. The molecule has 0 N–H and O–H groups in total. The van der Waals surface area contributed by atoms with Crippen LogP contribution in [0.25, 0.3) is 11.0 Å². The zero-order chi connectivity index (χ0) is 26.4. The molecule has 10 heteroatoms. The van der Waals surface area contributed by atoms with Gasteiger partial charge in [-0.1, -0.05) is 12.1 Å². The summed E-state index contributed by atoms with van der Waals surface area (Å²) >= 11 is 2.86. The van der Waals surface area contributed by atoms with Crippen LogP contribution in [0.3, 0.4) is 0 Å². The molecule has 0 aliphatic carbocycles. The van der Waals surface area contributed by atoms with E-state index in [0.717, 1.165) is 0 Å². The molecule has 8 nitrogen and oxygen atoms in total. The van der Waals surface area contributed by atoms with E-state index in [1.165, 1.54) is 23.5 Å². The molecular weight excluding hydrogens is 508 g/mol. The Morgan fingerprint density at radius 3 is 1.59 bits per heavy atom. The SMILES string of the molecule is CCOC(=O)c1c(SCCCSc2c(C#N)c3ccccn3c2C(=O)OCC)c(C#N)c2ccccn12. The van der Waals surface area contributed by atoms with Crippen molar-refractivity contribution in [2.45, 2.75) is 30.1 Å². The van der Waals surface area contributed by atoms with Crippen molar-refractivity contribution in [2.75, 3.05) is 24.7 Å². The van der Waals surface area contributed by atoms with Gasteiger partial charge in [0.25, 0.3) is 0 Å². The minimum absolute atomic E-state index is 0.234. The number of carbonyl (C=O) groups excluding carboxylic acids is 2. The van der Waals surface area contributed by atoms with E-state index in [0.29, 0.717) is 61.3 Å². The van der Waals surface area contributed by atoms with E-state index >= 15 is 0 Å². The van der Waals surface area contributed by atoms with Gasteiger partial charge in [-0.05, 0) is 56.0 Å². The Bertz CT molecular complexity index is 1440. The van der Waals surface area contributed by atoms with Gasteiger partial charge < -0.3 is 18.3 Å². The summed E-state index contributed by atoms with van der Waals surface area (Å²) in [7, 11) is 0. The van der Waals surface area contributed by atoms with Crippen molar-refractivity contribution >= 4 is 46.5 Å². The van der Waals surface area contributed by atoms with Crippen LogP contribution in [0.2, 0.25) is 0 Å². The predicted octanol–water partition coefficient (Wildman–Crippen LogP) is 5.56. The molecule has 0 saturated heterocycles. The van der Waals surface area contributed by atoms with Gasteiger partial charge >= 0.3 is 11.9 Å². The van der Waals surface area contributed by atoms with Crippen molar-refractivity contribution in [3.8, 4) is 12.1 Å². The van der Waals surface area contributed by atoms with Gasteiger partial charge in [0.15, 0.2) is 0 Å². The number of ether oxygens (including phenoxy) is 2. The first-order valence-corrected chi connectivity index (χ1v) is 13.7. The number of hydrogen-bond donors (Lipinski definition) is 0. The van der Waals surface area contributed by atoms with Gasteiger partial charge in [0, 0.05) is 12.4 Å². The summed E-state index contributed by atoms with van der Waals surface area (Å²) in [6.45, 7) is 3.96. The van der Waals surface area contributed by atoms with Gasteiger partial charge in [-0.3, -0.25) is 0 Å². The summed E-state index contributed by atoms with van der Waals surface area (Å²) in [4.78, 5) is 26.7. The molecule has 4 aromatic heterocycles. The number of aromatic nitrogens is 2. The molecule has 0 amide bonds. The molecule has 4 aromatic rings. The predicted molar refractivity (Wildman–Crippen MR) is 142 cm³/mol. The van der Waals surface area contributed by atoms with E-state index in [1.54, 1.807) is 59.3 Å². The molecule has 0 unspecified atom stereocenters. The molecule has 0 fully saturated rings. The number of thioether (sulfide) groups is 2. The van der Waals surface area contributed by atoms with E-state index < -0.39 is 11.9 Å². The van der Waals surface area contributed by atoms with Gasteiger partial charge in [0.2, 0.25) is 0 Å². The highest BCUT2D eigenvalue weighted by atomic mass is 32.2. The van der Waals surface area contributed by atoms with Crippen molar-refractivity contribution in [1.82, 2.24) is 8.80 Å².